The lowest BCUT2D eigenvalue weighted by Crippen LogP contribution is -2.46. The highest BCUT2D eigenvalue weighted by Gasteiger charge is 2.37. The smallest absolute Gasteiger partial charge is 0.308 e. The predicted molar refractivity (Wildman–Crippen MR) is 71.2 cm³/mol. The Hall–Kier alpha value is -1.14. The molecule has 20 heavy (non-hydrogen) atoms. The molecule has 1 heterocycles. The van der Waals surface area contributed by atoms with Crippen LogP contribution in [0.15, 0.2) is 0 Å². The van der Waals surface area contributed by atoms with Gasteiger partial charge in [-0.2, -0.15) is 0 Å². The minimum absolute atomic E-state index is 0.0974. The van der Waals surface area contributed by atoms with Crippen molar-refractivity contribution in [3.05, 3.63) is 0 Å². The van der Waals surface area contributed by atoms with E-state index in [4.69, 9.17) is 19.3 Å². The first kappa shape index (κ1) is 16.9. The minimum atomic E-state index is -0.927. The van der Waals surface area contributed by atoms with E-state index in [0.29, 0.717) is 6.42 Å². The lowest BCUT2D eigenvalue weighted by molar-refractivity contribution is -0.300. The Morgan fingerprint density at radius 3 is 2.15 bits per heavy atom. The number of esters is 1. The number of aliphatic carboxylic acids is 1. The zero-order chi connectivity index (χ0) is 15.6. The van der Waals surface area contributed by atoms with E-state index in [1.165, 1.54) is 0 Å². The average Bonchev–Trinajstić information content (AvgIpc) is 2.08. The number of carbonyl (C=O) groups is 2. The van der Waals surface area contributed by atoms with E-state index >= 15 is 0 Å². The first-order valence-corrected chi connectivity index (χ1v) is 6.76. The number of carbonyl (C=O) groups excluding carboxylic acids is 1. The largest absolute Gasteiger partial charge is 0.481 e. The molecule has 6 nitrogen and oxygen atoms in total. The molecule has 2 atom stereocenters. The molecule has 0 spiro atoms. The summed E-state index contributed by atoms with van der Waals surface area (Å²) in [6.07, 6.45) is -0.478. The van der Waals surface area contributed by atoms with Crippen LogP contribution in [0, 0.1) is 0 Å². The van der Waals surface area contributed by atoms with Crippen molar-refractivity contribution in [1.82, 2.24) is 0 Å². The second-order valence-electron chi connectivity index (χ2n) is 6.50. The summed E-state index contributed by atoms with van der Waals surface area (Å²) in [4.78, 5) is 22.6. The zero-order valence-corrected chi connectivity index (χ0v) is 12.8. The van der Waals surface area contributed by atoms with Crippen molar-refractivity contribution in [3.63, 3.8) is 0 Å². The molecule has 6 heteroatoms. The van der Waals surface area contributed by atoms with Crippen molar-refractivity contribution >= 4 is 11.9 Å². The lowest BCUT2D eigenvalue weighted by Gasteiger charge is -2.40. The molecule has 1 saturated heterocycles. The van der Waals surface area contributed by atoms with E-state index in [9.17, 15) is 9.59 Å². The normalized spacial score (nSPS) is 26.1. The molecule has 0 aromatic heterocycles. The van der Waals surface area contributed by atoms with Crippen molar-refractivity contribution in [2.24, 2.45) is 0 Å². The predicted octanol–water partition coefficient (Wildman–Crippen LogP) is 2.10. The summed E-state index contributed by atoms with van der Waals surface area (Å²) in [5.74, 6) is -2.18. The molecular formula is C14H24O6. The Kier molecular flexibility index (Phi) is 5.15. The van der Waals surface area contributed by atoms with Crippen LogP contribution < -0.4 is 0 Å². The number of hydrogen-bond donors (Lipinski definition) is 1. The molecule has 0 aliphatic carbocycles. The van der Waals surface area contributed by atoms with Gasteiger partial charge in [0.25, 0.3) is 0 Å². The van der Waals surface area contributed by atoms with Gasteiger partial charge < -0.3 is 19.3 Å². The molecule has 0 saturated carbocycles. The molecule has 1 rings (SSSR count). The average molecular weight is 288 g/mol. The van der Waals surface area contributed by atoms with Crippen LogP contribution in [0.5, 0.6) is 0 Å². The summed E-state index contributed by atoms with van der Waals surface area (Å²) in [7, 11) is 0. The second-order valence-corrected chi connectivity index (χ2v) is 6.50. The van der Waals surface area contributed by atoms with Crippen molar-refractivity contribution < 1.29 is 28.9 Å². The third kappa shape index (κ3) is 6.34. The fraction of sp³-hybridized carbons (Fsp3) is 0.857. The van der Waals surface area contributed by atoms with Gasteiger partial charge in [-0.3, -0.25) is 9.59 Å². The molecule has 1 fully saturated rings. The molecule has 0 radical (unpaired) electrons. The third-order valence-electron chi connectivity index (χ3n) is 2.64. The fourth-order valence-corrected chi connectivity index (χ4v) is 2.23. The van der Waals surface area contributed by atoms with Gasteiger partial charge in [0.2, 0.25) is 0 Å². The van der Waals surface area contributed by atoms with E-state index in [-0.39, 0.29) is 18.8 Å². The SMILES string of the molecule is CC(C)(C)OC(=O)C[C@@H]1C[C@H](CC(=O)O)OC(C)(C)O1. The van der Waals surface area contributed by atoms with Gasteiger partial charge in [0.1, 0.15) is 5.60 Å². The second kappa shape index (κ2) is 6.10. The number of carboxylic acids is 1. The zero-order valence-electron chi connectivity index (χ0n) is 12.8. The highest BCUT2D eigenvalue weighted by molar-refractivity contribution is 5.70. The van der Waals surface area contributed by atoms with Crippen LogP contribution in [0.3, 0.4) is 0 Å². The fourth-order valence-electron chi connectivity index (χ4n) is 2.23. The highest BCUT2D eigenvalue weighted by Crippen LogP contribution is 2.30. The topological polar surface area (TPSA) is 82.1 Å². The molecule has 0 unspecified atom stereocenters. The van der Waals surface area contributed by atoms with Crippen molar-refractivity contribution in [2.45, 2.75) is 77.5 Å². The van der Waals surface area contributed by atoms with Crippen LogP contribution in [0.25, 0.3) is 0 Å². The van der Waals surface area contributed by atoms with Crippen molar-refractivity contribution in [3.8, 4) is 0 Å². The monoisotopic (exact) mass is 288 g/mol. The quantitative estimate of drug-likeness (QED) is 0.798. The van der Waals surface area contributed by atoms with Gasteiger partial charge in [-0.15, -0.1) is 0 Å². The molecule has 1 N–H and O–H groups in total. The highest BCUT2D eigenvalue weighted by atomic mass is 16.7. The van der Waals surface area contributed by atoms with Gasteiger partial charge in [-0.05, 0) is 34.6 Å². The van der Waals surface area contributed by atoms with E-state index in [0.717, 1.165) is 0 Å². The van der Waals surface area contributed by atoms with E-state index in [2.05, 4.69) is 0 Å². The Balaban J connectivity index is 2.60. The van der Waals surface area contributed by atoms with Crippen molar-refractivity contribution in [1.29, 1.82) is 0 Å². The van der Waals surface area contributed by atoms with Crippen LogP contribution in [-0.4, -0.2) is 40.6 Å². The van der Waals surface area contributed by atoms with Crippen LogP contribution in [-0.2, 0) is 23.8 Å². The Labute approximate surface area is 119 Å². The Morgan fingerprint density at radius 2 is 1.70 bits per heavy atom. The molecule has 1 aliphatic heterocycles. The van der Waals surface area contributed by atoms with Crippen LogP contribution in [0.4, 0.5) is 0 Å². The summed E-state index contributed by atoms with van der Waals surface area (Å²) in [5.41, 5.74) is -0.543. The minimum Gasteiger partial charge on any atom is -0.481 e. The third-order valence-corrected chi connectivity index (χ3v) is 2.64. The van der Waals surface area contributed by atoms with E-state index < -0.39 is 29.6 Å². The van der Waals surface area contributed by atoms with Crippen LogP contribution in [0.1, 0.15) is 53.9 Å². The van der Waals surface area contributed by atoms with E-state index in [1.54, 1.807) is 34.6 Å². The summed E-state index contributed by atoms with van der Waals surface area (Å²) < 4.78 is 16.4. The van der Waals surface area contributed by atoms with Crippen LogP contribution >= 0.6 is 0 Å². The number of ether oxygens (including phenoxy) is 3. The first-order valence-electron chi connectivity index (χ1n) is 6.76. The molecule has 0 bridgehead atoms. The maximum atomic E-state index is 11.8. The van der Waals surface area contributed by atoms with Gasteiger partial charge in [0.15, 0.2) is 5.79 Å². The van der Waals surface area contributed by atoms with E-state index in [1.807, 2.05) is 0 Å². The number of carboxylic acid groups (broad SMARTS) is 1. The standard InChI is InChI=1S/C14H24O6/c1-13(2,3)20-12(17)8-10-6-9(7-11(15)16)18-14(4,5)19-10/h9-10H,6-8H2,1-5H3,(H,15,16)/t9-,10+/m1/s1. The summed E-state index contributed by atoms with van der Waals surface area (Å²) >= 11 is 0. The maximum absolute atomic E-state index is 11.8. The van der Waals surface area contributed by atoms with Gasteiger partial charge in [-0.1, -0.05) is 0 Å². The lowest BCUT2D eigenvalue weighted by atomic mass is 10.0. The summed E-state index contributed by atoms with van der Waals surface area (Å²) in [6.45, 7) is 8.82. The van der Waals surface area contributed by atoms with Crippen LogP contribution in [0.2, 0.25) is 0 Å². The maximum Gasteiger partial charge on any atom is 0.308 e. The Bertz CT molecular complexity index is 368. The molecule has 0 aromatic carbocycles. The first-order chi connectivity index (χ1) is 8.97. The summed E-state index contributed by atoms with van der Waals surface area (Å²) in [5, 5.41) is 8.84. The van der Waals surface area contributed by atoms with Crippen molar-refractivity contribution in [2.75, 3.05) is 0 Å². The molecule has 0 amide bonds. The number of hydrogen-bond acceptors (Lipinski definition) is 5. The summed E-state index contributed by atoms with van der Waals surface area (Å²) in [6, 6.07) is 0. The van der Waals surface area contributed by atoms with Gasteiger partial charge in [0.05, 0.1) is 25.0 Å². The molecule has 1 aliphatic rings. The molecular weight excluding hydrogens is 264 g/mol. The molecule has 116 valence electrons. The van der Waals surface area contributed by atoms with Gasteiger partial charge in [0, 0.05) is 6.42 Å². The Morgan fingerprint density at radius 1 is 1.20 bits per heavy atom. The number of rotatable bonds is 4. The molecule has 0 aromatic rings. The van der Waals surface area contributed by atoms with Gasteiger partial charge in [-0.25, -0.2) is 0 Å². The van der Waals surface area contributed by atoms with Gasteiger partial charge >= 0.3 is 11.9 Å².